The van der Waals surface area contributed by atoms with Crippen molar-refractivity contribution in [3.63, 3.8) is 0 Å². The predicted octanol–water partition coefficient (Wildman–Crippen LogP) is 3.63. The number of hydrogen-bond donors (Lipinski definition) is 1. The second-order valence-electron chi connectivity index (χ2n) is 14.2. The molecule has 14 heteroatoms. The van der Waals surface area contributed by atoms with Crippen LogP contribution in [0.4, 0.5) is 15.5 Å². The zero-order chi connectivity index (χ0) is 34.2. The molecule has 1 aromatic heterocycles. The minimum absolute atomic E-state index is 0.0701. The van der Waals surface area contributed by atoms with Gasteiger partial charge in [0.05, 0.1) is 25.5 Å². The monoisotopic (exact) mass is 661 g/mol. The fourth-order valence-electron chi connectivity index (χ4n) is 6.04. The molecule has 3 fully saturated rings. The summed E-state index contributed by atoms with van der Waals surface area (Å²) in [4.78, 5) is 75.4. The number of Topliss-reactive ketones (excluding diaryl/α,β-unsaturated/α-hetero) is 1. The molecular weight excluding hydrogens is 610 g/mol. The number of anilines is 1. The first-order valence-electron chi connectivity index (χ1n) is 16.8. The molecule has 262 valence electrons. The summed E-state index contributed by atoms with van der Waals surface area (Å²) in [7, 11) is 0. The highest BCUT2D eigenvalue weighted by Crippen LogP contribution is 2.29. The fraction of sp³-hybridized carbons (Fsp3) is 0.758. The number of carbonyl (C=O) groups is 4. The summed E-state index contributed by atoms with van der Waals surface area (Å²) in [5.41, 5.74) is -0.805. The number of aromatic nitrogens is 2. The molecule has 1 aromatic rings. The van der Waals surface area contributed by atoms with Crippen molar-refractivity contribution in [2.45, 2.75) is 96.7 Å². The average Bonchev–Trinajstić information content (AvgIpc) is 3.02. The van der Waals surface area contributed by atoms with Crippen LogP contribution in [0.5, 0.6) is 0 Å². The van der Waals surface area contributed by atoms with E-state index in [0.29, 0.717) is 97.0 Å². The Labute approximate surface area is 276 Å². The van der Waals surface area contributed by atoms with Crippen molar-refractivity contribution in [1.29, 1.82) is 0 Å². The van der Waals surface area contributed by atoms with Crippen LogP contribution in [0.1, 0.15) is 91.2 Å². The Morgan fingerprint density at radius 1 is 0.894 bits per heavy atom. The quantitative estimate of drug-likeness (QED) is 0.169. The van der Waals surface area contributed by atoms with Crippen molar-refractivity contribution in [2.24, 2.45) is 5.92 Å². The number of piperidine rings is 2. The Hall–Kier alpha value is -3.68. The smallest absolute Gasteiger partial charge is 0.410 e. The molecule has 0 bridgehead atoms. The summed E-state index contributed by atoms with van der Waals surface area (Å²) < 4.78 is 21.9. The van der Waals surface area contributed by atoms with E-state index < -0.39 is 29.4 Å². The first-order chi connectivity index (χ1) is 22.2. The molecule has 0 aliphatic carbocycles. The maximum atomic E-state index is 13.0. The lowest BCUT2D eigenvalue weighted by Gasteiger charge is -2.34. The summed E-state index contributed by atoms with van der Waals surface area (Å²) in [5.74, 6) is -0.405. The van der Waals surface area contributed by atoms with Gasteiger partial charge in [-0.25, -0.2) is 14.6 Å². The number of rotatable bonds is 10. The van der Waals surface area contributed by atoms with Gasteiger partial charge in [0.25, 0.3) is 5.56 Å². The number of ketones is 1. The lowest BCUT2D eigenvalue weighted by Crippen LogP contribution is -2.43. The highest BCUT2D eigenvalue weighted by Gasteiger charge is 2.32. The zero-order valence-electron chi connectivity index (χ0n) is 28.5. The van der Waals surface area contributed by atoms with Gasteiger partial charge >= 0.3 is 18.2 Å². The van der Waals surface area contributed by atoms with E-state index in [1.165, 1.54) is 0 Å². The minimum Gasteiger partial charge on any atom is -0.465 e. The van der Waals surface area contributed by atoms with E-state index in [1.807, 2.05) is 39.5 Å². The molecular formula is C33H51N5O9. The van der Waals surface area contributed by atoms with E-state index in [2.05, 4.69) is 4.98 Å². The third kappa shape index (κ3) is 11.2. The second-order valence-corrected chi connectivity index (χ2v) is 14.2. The van der Waals surface area contributed by atoms with E-state index in [0.717, 1.165) is 5.69 Å². The van der Waals surface area contributed by atoms with Crippen molar-refractivity contribution in [3.05, 3.63) is 22.1 Å². The molecule has 0 spiro atoms. The van der Waals surface area contributed by atoms with Crippen molar-refractivity contribution in [3.8, 4) is 0 Å². The first-order valence-corrected chi connectivity index (χ1v) is 16.8. The van der Waals surface area contributed by atoms with Crippen molar-refractivity contribution < 1.29 is 38.1 Å². The molecule has 14 nitrogen and oxygen atoms in total. The van der Waals surface area contributed by atoms with E-state index in [9.17, 15) is 24.0 Å². The van der Waals surface area contributed by atoms with Gasteiger partial charge in [0.15, 0.2) is 0 Å². The van der Waals surface area contributed by atoms with Gasteiger partial charge in [0, 0.05) is 57.2 Å². The van der Waals surface area contributed by atoms with Crippen LogP contribution in [0.15, 0.2) is 10.9 Å². The van der Waals surface area contributed by atoms with Gasteiger partial charge in [-0.1, -0.05) is 0 Å². The van der Waals surface area contributed by atoms with Crippen LogP contribution in [0.25, 0.3) is 0 Å². The molecule has 0 unspecified atom stereocenters. The molecule has 0 radical (unpaired) electrons. The van der Waals surface area contributed by atoms with Crippen LogP contribution >= 0.6 is 0 Å². The van der Waals surface area contributed by atoms with Gasteiger partial charge in [-0.3, -0.25) is 19.4 Å². The summed E-state index contributed by atoms with van der Waals surface area (Å²) >= 11 is 0. The predicted molar refractivity (Wildman–Crippen MR) is 172 cm³/mol. The van der Waals surface area contributed by atoms with Crippen molar-refractivity contribution in [2.75, 3.05) is 64.0 Å². The average molecular weight is 662 g/mol. The zero-order valence-corrected chi connectivity index (χ0v) is 28.5. The SMILES string of the molecule is CC(C)(C)OC(=O)N1CCC(C(=O)CC(=O)OCCCC(C)(C)OC(=O)N2CCC(c3cc(=O)[nH]c(N4CCOCC4)n3)CC2)CC1. The van der Waals surface area contributed by atoms with Gasteiger partial charge in [-0.15, -0.1) is 0 Å². The van der Waals surface area contributed by atoms with E-state index in [-0.39, 0.29) is 36.2 Å². The molecule has 0 saturated carbocycles. The maximum absolute atomic E-state index is 13.0. The number of hydrogen-bond acceptors (Lipinski definition) is 11. The number of H-pyrrole nitrogens is 1. The lowest BCUT2D eigenvalue weighted by atomic mass is 9.91. The molecule has 4 rings (SSSR count). The normalized spacial score (nSPS) is 18.5. The Balaban J connectivity index is 1.12. The summed E-state index contributed by atoms with van der Waals surface area (Å²) in [6.45, 7) is 13.5. The maximum Gasteiger partial charge on any atom is 0.410 e. The van der Waals surface area contributed by atoms with Gasteiger partial charge in [0.1, 0.15) is 23.4 Å². The Morgan fingerprint density at radius 2 is 1.49 bits per heavy atom. The number of nitrogens with one attached hydrogen (secondary N) is 1. The fourth-order valence-corrected chi connectivity index (χ4v) is 6.04. The number of amides is 2. The van der Waals surface area contributed by atoms with Gasteiger partial charge in [0.2, 0.25) is 5.95 Å². The number of esters is 1. The number of ether oxygens (including phenoxy) is 4. The first kappa shape index (κ1) is 36.2. The third-order valence-electron chi connectivity index (χ3n) is 8.70. The van der Waals surface area contributed by atoms with Gasteiger partial charge < -0.3 is 33.6 Å². The Kier molecular flexibility index (Phi) is 12.3. The van der Waals surface area contributed by atoms with Crippen LogP contribution in [-0.2, 0) is 28.5 Å². The topological polar surface area (TPSA) is 161 Å². The number of carbonyl (C=O) groups excluding carboxylic acids is 4. The van der Waals surface area contributed by atoms with Crippen LogP contribution in [0.2, 0.25) is 0 Å². The number of morpholine rings is 1. The summed E-state index contributed by atoms with van der Waals surface area (Å²) in [6.07, 6.45) is 2.17. The summed E-state index contributed by atoms with van der Waals surface area (Å²) in [6, 6.07) is 1.55. The van der Waals surface area contributed by atoms with Gasteiger partial charge in [-0.05, 0) is 73.1 Å². The van der Waals surface area contributed by atoms with E-state index in [1.54, 1.807) is 15.9 Å². The number of aromatic amines is 1. The van der Waals surface area contributed by atoms with Crippen LogP contribution in [-0.4, -0.2) is 114 Å². The lowest BCUT2D eigenvalue weighted by molar-refractivity contribution is -0.147. The molecule has 2 amide bonds. The highest BCUT2D eigenvalue weighted by molar-refractivity contribution is 5.96. The molecule has 3 aliphatic heterocycles. The van der Waals surface area contributed by atoms with Gasteiger partial charge in [-0.2, -0.15) is 0 Å². The third-order valence-corrected chi connectivity index (χ3v) is 8.70. The minimum atomic E-state index is -0.778. The highest BCUT2D eigenvalue weighted by atomic mass is 16.6. The summed E-state index contributed by atoms with van der Waals surface area (Å²) in [5, 5.41) is 0. The van der Waals surface area contributed by atoms with Crippen LogP contribution in [0, 0.1) is 5.92 Å². The Morgan fingerprint density at radius 3 is 2.11 bits per heavy atom. The molecule has 47 heavy (non-hydrogen) atoms. The number of likely N-dealkylation sites (tertiary alicyclic amines) is 2. The van der Waals surface area contributed by atoms with Crippen LogP contribution in [0.3, 0.4) is 0 Å². The largest absolute Gasteiger partial charge is 0.465 e. The molecule has 1 N–H and O–H groups in total. The Bertz CT molecular complexity index is 1300. The standard InChI is InChI=1S/C33H51N5O9/c1-32(2,3)46-30(42)37-14-9-24(10-15-37)26(39)22-28(41)45-18-6-11-33(4,5)47-31(43)38-12-7-23(8-13-38)25-21-27(40)35-29(34-25)36-16-19-44-20-17-36/h21,23-24H,6-20,22H2,1-5H3,(H,34,35,40). The van der Waals surface area contributed by atoms with Crippen LogP contribution < -0.4 is 10.5 Å². The molecule has 4 heterocycles. The van der Waals surface area contributed by atoms with Crippen molar-refractivity contribution in [1.82, 2.24) is 19.8 Å². The number of nitrogens with zero attached hydrogens (tertiary/aromatic N) is 4. The molecule has 3 aliphatic rings. The van der Waals surface area contributed by atoms with Crippen molar-refractivity contribution >= 4 is 29.9 Å². The van der Waals surface area contributed by atoms with E-state index >= 15 is 0 Å². The molecule has 3 saturated heterocycles. The molecule has 0 atom stereocenters. The second kappa shape index (κ2) is 15.9. The molecule has 0 aromatic carbocycles. The van der Waals surface area contributed by atoms with E-state index in [4.69, 9.17) is 23.9 Å².